The molecule has 0 saturated carbocycles. The van der Waals surface area contributed by atoms with E-state index in [1.165, 1.54) is 11.1 Å². The molecule has 2 radical (unpaired) electrons. The monoisotopic (exact) mass is 130 g/mol. The van der Waals surface area contributed by atoms with E-state index in [0.717, 1.165) is 6.42 Å². The predicted molar refractivity (Wildman–Crippen MR) is 45.3 cm³/mol. The van der Waals surface area contributed by atoms with Crippen molar-refractivity contribution in [1.29, 1.82) is 0 Å². The lowest BCUT2D eigenvalue weighted by Crippen LogP contribution is -1.90. The van der Waals surface area contributed by atoms with Crippen molar-refractivity contribution >= 4 is 7.85 Å². The first-order valence-corrected chi connectivity index (χ1v) is 3.65. The van der Waals surface area contributed by atoms with E-state index in [4.69, 9.17) is 7.85 Å². The zero-order valence-corrected chi connectivity index (χ0v) is 6.30. The van der Waals surface area contributed by atoms with Gasteiger partial charge in [-0.05, 0) is 12.0 Å². The molecule has 0 atom stereocenters. The van der Waals surface area contributed by atoms with E-state index in [2.05, 4.69) is 25.1 Å². The van der Waals surface area contributed by atoms with Gasteiger partial charge in [-0.2, -0.15) is 0 Å². The van der Waals surface area contributed by atoms with Gasteiger partial charge in [-0.3, -0.25) is 0 Å². The molecule has 0 nitrogen and oxygen atoms in total. The van der Waals surface area contributed by atoms with Crippen LogP contribution in [0, 0.1) is 0 Å². The first kappa shape index (κ1) is 7.39. The molecule has 0 amide bonds. The first-order valence-electron chi connectivity index (χ1n) is 3.65. The molecule has 0 saturated heterocycles. The van der Waals surface area contributed by atoms with Crippen molar-refractivity contribution in [1.82, 2.24) is 0 Å². The minimum Gasteiger partial charge on any atom is -0.0641 e. The Balaban J connectivity index is 2.96. The molecule has 0 fully saturated rings. The molecule has 0 aliphatic rings. The lowest BCUT2D eigenvalue weighted by molar-refractivity contribution is 1.10. The standard InChI is InChI=1S/C9H11B/c1-2-8-5-3-4-6-9(8)7-10/h3-6H,2,7H2,1H3. The van der Waals surface area contributed by atoms with Crippen LogP contribution in [-0.2, 0) is 12.7 Å². The molecule has 0 N–H and O–H groups in total. The van der Waals surface area contributed by atoms with Crippen LogP contribution in [0.3, 0.4) is 0 Å². The average molecular weight is 130 g/mol. The highest BCUT2D eigenvalue weighted by atomic mass is 14.0. The fraction of sp³-hybridized carbons (Fsp3) is 0.333. The van der Waals surface area contributed by atoms with Crippen LogP contribution in [0.4, 0.5) is 0 Å². The third kappa shape index (κ3) is 1.41. The van der Waals surface area contributed by atoms with Gasteiger partial charge in [0.1, 0.15) is 0 Å². The van der Waals surface area contributed by atoms with E-state index in [1.54, 1.807) is 0 Å². The SMILES string of the molecule is [B]Cc1ccccc1CC. The highest BCUT2D eigenvalue weighted by molar-refractivity contribution is 6.08. The van der Waals surface area contributed by atoms with Gasteiger partial charge in [0.05, 0.1) is 7.85 Å². The van der Waals surface area contributed by atoms with Crippen LogP contribution in [0.1, 0.15) is 18.1 Å². The minimum atomic E-state index is 0.657. The van der Waals surface area contributed by atoms with Gasteiger partial charge in [-0.15, -0.1) is 0 Å². The Morgan fingerprint density at radius 1 is 1.20 bits per heavy atom. The molecule has 0 aliphatic carbocycles. The first-order chi connectivity index (χ1) is 4.88. The third-order valence-corrected chi connectivity index (χ3v) is 1.72. The molecule has 1 aromatic rings. The molecular formula is C9H11B. The molecule has 0 spiro atoms. The van der Waals surface area contributed by atoms with E-state index < -0.39 is 0 Å². The zero-order valence-electron chi connectivity index (χ0n) is 6.30. The fourth-order valence-corrected chi connectivity index (χ4v) is 1.10. The van der Waals surface area contributed by atoms with Gasteiger partial charge in [0, 0.05) is 0 Å². The molecule has 0 unspecified atom stereocenters. The second-order valence-electron chi connectivity index (χ2n) is 2.33. The molecule has 0 bridgehead atoms. The maximum atomic E-state index is 5.53. The van der Waals surface area contributed by atoms with Crippen molar-refractivity contribution in [3.63, 3.8) is 0 Å². The quantitative estimate of drug-likeness (QED) is 0.536. The van der Waals surface area contributed by atoms with Crippen molar-refractivity contribution in [2.75, 3.05) is 0 Å². The van der Waals surface area contributed by atoms with E-state index in [-0.39, 0.29) is 0 Å². The van der Waals surface area contributed by atoms with Gasteiger partial charge in [-0.25, -0.2) is 0 Å². The summed E-state index contributed by atoms with van der Waals surface area (Å²) in [7, 11) is 5.53. The Bertz CT molecular complexity index is 183. The highest BCUT2D eigenvalue weighted by Gasteiger charge is 1.93. The molecule has 0 aliphatic heterocycles. The van der Waals surface area contributed by atoms with Crippen LogP contribution >= 0.6 is 0 Å². The summed E-state index contributed by atoms with van der Waals surface area (Å²) in [5, 5.41) is 0. The van der Waals surface area contributed by atoms with E-state index in [9.17, 15) is 0 Å². The molecule has 1 heteroatoms. The topological polar surface area (TPSA) is 0 Å². The summed E-state index contributed by atoms with van der Waals surface area (Å²) < 4.78 is 0. The number of rotatable bonds is 2. The van der Waals surface area contributed by atoms with E-state index in [1.807, 2.05) is 6.07 Å². The molecular weight excluding hydrogens is 119 g/mol. The van der Waals surface area contributed by atoms with Crippen LogP contribution < -0.4 is 0 Å². The van der Waals surface area contributed by atoms with Gasteiger partial charge >= 0.3 is 0 Å². The molecule has 0 aromatic heterocycles. The summed E-state index contributed by atoms with van der Waals surface area (Å²) in [6.45, 7) is 2.15. The Labute approximate surface area is 63.7 Å². The number of hydrogen-bond donors (Lipinski definition) is 0. The van der Waals surface area contributed by atoms with Crippen LogP contribution in [0.2, 0.25) is 0 Å². The molecule has 10 heavy (non-hydrogen) atoms. The van der Waals surface area contributed by atoms with Crippen LogP contribution in [0.25, 0.3) is 0 Å². The van der Waals surface area contributed by atoms with Crippen LogP contribution in [-0.4, -0.2) is 7.85 Å². The Kier molecular flexibility index (Phi) is 2.55. The molecule has 1 aromatic carbocycles. The maximum absolute atomic E-state index is 5.53. The van der Waals surface area contributed by atoms with Crippen molar-refractivity contribution in [2.24, 2.45) is 0 Å². The van der Waals surface area contributed by atoms with Gasteiger partial charge in [0.25, 0.3) is 0 Å². The second-order valence-corrected chi connectivity index (χ2v) is 2.33. The second kappa shape index (κ2) is 3.45. The smallest absolute Gasteiger partial charge is 0.0641 e. The minimum absolute atomic E-state index is 0.657. The molecule has 0 heterocycles. The number of aryl methyl sites for hydroxylation is 1. The average Bonchev–Trinajstić information content (AvgIpc) is 2.04. The highest BCUT2D eigenvalue weighted by Crippen LogP contribution is 2.07. The maximum Gasteiger partial charge on any atom is 0.0716 e. The normalized spacial score (nSPS) is 9.70. The third-order valence-electron chi connectivity index (χ3n) is 1.72. The number of benzene rings is 1. The van der Waals surface area contributed by atoms with Gasteiger partial charge < -0.3 is 0 Å². The van der Waals surface area contributed by atoms with E-state index >= 15 is 0 Å². The van der Waals surface area contributed by atoms with E-state index in [0.29, 0.717) is 6.32 Å². The van der Waals surface area contributed by atoms with Crippen LogP contribution in [0.5, 0.6) is 0 Å². The van der Waals surface area contributed by atoms with Crippen molar-refractivity contribution < 1.29 is 0 Å². The molecule has 50 valence electrons. The lowest BCUT2D eigenvalue weighted by Gasteiger charge is -2.02. The summed E-state index contributed by atoms with van der Waals surface area (Å²) >= 11 is 0. The van der Waals surface area contributed by atoms with Gasteiger partial charge in [0.2, 0.25) is 0 Å². The Morgan fingerprint density at radius 3 is 2.20 bits per heavy atom. The van der Waals surface area contributed by atoms with Crippen molar-refractivity contribution in [3.05, 3.63) is 35.4 Å². The lowest BCUT2D eigenvalue weighted by atomic mass is 9.92. The predicted octanol–water partition coefficient (Wildman–Crippen LogP) is 1.92. The zero-order chi connectivity index (χ0) is 7.40. The molecule has 1 rings (SSSR count). The fourth-order valence-electron chi connectivity index (χ4n) is 1.10. The van der Waals surface area contributed by atoms with Crippen molar-refractivity contribution in [2.45, 2.75) is 19.7 Å². The Morgan fingerprint density at radius 2 is 1.80 bits per heavy atom. The van der Waals surface area contributed by atoms with Crippen molar-refractivity contribution in [3.8, 4) is 0 Å². The number of hydrogen-bond acceptors (Lipinski definition) is 0. The Hall–Kier alpha value is -0.715. The van der Waals surface area contributed by atoms with Crippen LogP contribution in [0.15, 0.2) is 24.3 Å². The van der Waals surface area contributed by atoms with Gasteiger partial charge in [-0.1, -0.05) is 43.1 Å². The summed E-state index contributed by atoms with van der Waals surface area (Å²) in [6, 6.07) is 8.29. The van der Waals surface area contributed by atoms with Gasteiger partial charge in [0.15, 0.2) is 0 Å². The summed E-state index contributed by atoms with van der Waals surface area (Å²) in [5.74, 6) is 0. The summed E-state index contributed by atoms with van der Waals surface area (Å²) in [4.78, 5) is 0. The largest absolute Gasteiger partial charge is 0.0716 e. The summed E-state index contributed by atoms with van der Waals surface area (Å²) in [5.41, 5.74) is 2.63. The summed E-state index contributed by atoms with van der Waals surface area (Å²) in [6.07, 6.45) is 1.73.